The summed E-state index contributed by atoms with van der Waals surface area (Å²) in [6.07, 6.45) is 2.56. The van der Waals surface area contributed by atoms with Crippen LogP contribution in [-0.2, 0) is 0 Å². The Morgan fingerprint density at radius 1 is 1.15 bits per heavy atom. The van der Waals surface area contributed by atoms with Crippen LogP contribution >= 0.6 is 11.6 Å². The van der Waals surface area contributed by atoms with Crippen LogP contribution in [0.25, 0.3) is 22.0 Å². The highest BCUT2D eigenvalue weighted by atomic mass is 35.5. The molecule has 0 fully saturated rings. The molecule has 0 aliphatic heterocycles. The van der Waals surface area contributed by atoms with Gasteiger partial charge in [-0.3, -0.25) is 4.79 Å². The molecule has 3 nitrogen and oxygen atoms in total. The molecule has 1 aromatic heterocycles. The van der Waals surface area contributed by atoms with Gasteiger partial charge in [0.1, 0.15) is 5.75 Å². The van der Waals surface area contributed by atoms with Gasteiger partial charge in [-0.05, 0) is 35.4 Å². The quantitative estimate of drug-likeness (QED) is 0.729. The van der Waals surface area contributed by atoms with Gasteiger partial charge in [-0.2, -0.15) is 0 Å². The number of aldehydes is 1. The molecule has 0 saturated heterocycles. The van der Waals surface area contributed by atoms with Crippen LogP contribution in [0.3, 0.4) is 0 Å². The molecule has 1 N–H and O–H groups in total. The Morgan fingerprint density at radius 2 is 1.90 bits per heavy atom. The van der Waals surface area contributed by atoms with Gasteiger partial charge >= 0.3 is 0 Å². The topological polar surface area (TPSA) is 42.1 Å². The maximum Gasteiger partial charge on any atom is 0.152 e. The number of carbonyl (C=O) groups excluding carboxylic acids is 1. The average molecular weight is 286 g/mol. The SMILES string of the molecule is COc1cc(-c2ccc3[nH]cc(C=O)c3c2)ccc1Cl. The number of benzene rings is 2. The largest absolute Gasteiger partial charge is 0.495 e. The molecule has 2 aromatic carbocycles. The number of nitrogens with one attached hydrogen (secondary N) is 1. The number of hydrogen-bond acceptors (Lipinski definition) is 2. The van der Waals surface area contributed by atoms with Crippen LogP contribution in [0.4, 0.5) is 0 Å². The van der Waals surface area contributed by atoms with E-state index >= 15 is 0 Å². The fraction of sp³-hybridized carbons (Fsp3) is 0.0625. The van der Waals surface area contributed by atoms with E-state index in [0.717, 1.165) is 28.3 Å². The van der Waals surface area contributed by atoms with Gasteiger partial charge in [0.2, 0.25) is 0 Å². The average Bonchev–Trinajstić information content (AvgIpc) is 2.90. The maximum atomic E-state index is 11.0. The second-order valence-electron chi connectivity index (χ2n) is 4.47. The van der Waals surface area contributed by atoms with E-state index in [-0.39, 0.29) is 0 Å². The summed E-state index contributed by atoms with van der Waals surface area (Å²) >= 11 is 6.03. The number of rotatable bonds is 3. The summed E-state index contributed by atoms with van der Waals surface area (Å²) < 4.78 is 5.23. The third-order valence-electron chi connectivity index (χ3n) is 3.33. The van der Waals surface area contributed by atoms with E-state index in [1.165, 1.54) is 0 Å². The van der Waals surface area contributed by atoms with E-state index in [4.69, 9.17) is 16.3 Å². The second kappa shape index (κ2) is 5.02. The van der Waals surface area contributed by atoms with Gasteiger partial charge in [0.05, 0.1) is 12.1 Å². The Bertz CT molecular complexity index is 792. The number of methoxy groups -OCH3 is 1. The second-order valence-corrected chi connectivity index (χ2v) is 4.88. The van der Waals surface area contributed by atoms with Gasteiger partial charge in [0.25, 0.3) is 0 Å². The summed E-state index contributed by atoms with van der Waals surface area (Å²) in [6, 6.07) is 11.6. The molecule has 3 rings (SSSR count). The number of ether oxygens (including phenoxy) is 1. The highest BCUT2D eigenvalue weighted by molar-refractivity contribution is 6.32. The van der Waals surface area contributed by atoms with E-state index < -0.39 is 0 Å². The third kappa shape index (κ3) is 2.06. The van der Waals surface area contributed by atoms with E-state index in [9.17, 15) is 4.79 Å². The molecule has 0 atom stereocenters. The Balaban J connectivity index is 2.16. The molecular weight excluding hydrogens is 274 g/mol. The van der Waals surface area contributed by atoms with E-state index in [1.54, 1.807) is 19.4 Å². The van der Waals surface area contributed by atoms with Crippen molar-refractivity contribution in [3.8, 4) is 16.9 Å². The van der Waals surface area contributed by atoms with Gasteiger partial charge < -0.3 is 9.72 Å². The predicted molar refractivity (Wildman–Crippen MR) is 80.7 cm³/mol. The molecule has 0 amide bonds. The van der Waals surface area contributed by atoms with Gasteiger partial charge in [-0.15, -0.1) is 0 Å². The summed E-state index contributed by atoms with van der Waals surface area (Å²) in [5.74, 6) is 0.633. The van der Waals surface area contributed by atoms with Crippen molar-refractivity contribution < 1.29 is 9.53 Å². The molecule has 0 radical (unpaired) electrons. The Labute approximate surface area is 121 Å². The Hall–Kier alpha value is -2.26. The predicted octanol–water partition coefficient (Wildman–Crippen LogP) is 4.31. The van der Waals surface area contributed by atoms with Crippen LogP contribution in [0.1, 0.15) is 10.4 Å². The maximum absolute atomic E-state index is 11.0. The van der Waals surface area contributed by atoms with Crippen LogP contribution in [-0.4, -0.2) is 18.4 Å². The lowest BCUT2D eigenvalue weighted by atomic mass is 10.0. The molecule has 100 valence electrons. The normalized spacial score (nSPS) is 10.7. The highest BCUT2D eigenvalue weighted by Crippen LogP contribution is 2.32. The number of carbonyl (C=O) groups is 1. The van der Waals surface area contributed by atoms with Crippen molar-refractivity contribution in [1.82, 2.24) is 4.98 Å². The van der Waals surface area contributed by atoms with Crippen molar-refractivity contribution in [1.29, 1.82) is 0 Å². The third-order valence-corrected chi connectivity index (χ3v) is 3.64. The van der Waals surface area contributed by atoms with Crippen molar-refractivity contribution >= 4 is 28.8 Å². The number of H-pyrrole nitrogens is 1. The van der Waals surface area contributed by atoms with Crippen molar-refractivity contribution in [3.63, 3.8) is 0 Å². The summed E-state index contributed by atoms with van der Waals surface area (Å²) in [5.41, 5.74) is 3.60. The zero-order valence-electron chi connectivity index (χ0n) is 10.8. The Morgan fingerprint density at radius 3 is 2.65 bits per heavy atom. The first-order chi connectivity index (χ1) is 9.72. The summed E-state index contributed by atoms with van der Waals surface area (Å²) in [4.78, 5) is 14.1. The van der Waals surface area contributed by atoms with Crippen LogP contribution in [0, 0.1) is 0 Å². The van der Waals surface area contributed by atoms with Crippen LogP contribution in [0.5, 0.6) is 5.75 Å². The first-order valence-corrected chi connectivity index (χ1v) is 6.51. The molecule has 0 aliphatic carbocycles. The molecule has 1 heterocycles. The van der Waals surface area contributed by atoms with E-state index in [2.05, 4.69) is 4.98 Å². The molecule has 0 unspecified atom stereocenters. The minimum Gasteiger partial charge on any atom is -0.495 e. The summed E-state index contributed by atoms with van der Waals surface area (Å²) in [6.45, 7) is 0. The molecule has 0 aliphatic rings. The van der Waals surface area contributed by atoms with E-state index in [1.807, 2.05) is 30.3 Å². The van der Waals surface area contributed by atoms with Crippen molar-refractivity contribution in [3.05, 3.63) is 53.2 Å². The molecule has 0 spiro atoms. The fourth-order valence-electron chi connectivity index (χ4n) is 2.26. The van der Waals surface area contributed by atoms with Crippen molar-refractivity contribution in [2.24, 2.45) is 0 Å². The zero-order valence-corrected chi connectivity index (χ0v) is 11.6. The van der Waals surface area contributed by atoms with Crippen LogP contribution < -0.4 is 4.74 Å². The number of fused-ring (bicyclic) bond motifs is 1. The first kappa shape index (κ1) is 12.8. The number of aromatic nitrogens is 1. The Kier molecular flexibility index (Phi) is 3.20. The number of hydrogen-bond donors (Lipinski definition) is 1. The van der Waals surface area contributed by atoms with Crippen LogP contribution in [0.15, 0.2) is 42.6 Å². The molecule has 20 heavy (non-hydrogen) atoms. The number of aromatic amines is 1. The zero-order chi connectivity index (χ0) is 14.1. The van der Waals surface area contributed by atoms with Gasteiger partial charge in [-0.1, -0.05) is 23.7 Å². The first-order valence-electron chi connectivity index (χ1n) is 6.13. The molecule has 0 saturated carbocycles. The van der Waals surface area contributed by atoms with Crippen molar-refractivity contribution in [2.75, 3.05) is 7.11 Å². The highest BCUT2D eigenvalue weighted by Gasteiger charge is 2.07. The van der Waals surface area contributed by atoms with Crippen LogP contribution in [0.2, 0.25) is 5.02 Å². The molecular formula is C16H12ClNO2. The van der Waals surface area contributed by atoms with Crippen molar-refractivity contribution in [2.45, 2.75) is 0 Å². The lowest BCUT2D eigenvalue weighted by Gasteiger charge is -2.07. The molecule has 3 aromatic rings. The van der Waals surface area contributed by atoms with E-state index in [0.29, 0.717) is 16.3 Å². The minimum absolute atomic E-state index is 0.576. The fourth-order valence-corrected chi connectivity index (χ4v) is 2.45. The molecule has 4 heteroatoms. The van der Waals surface area contributed by atoms with Gasteiger partial charge in [0, 0.05) is 22.7 Å². The molecule has 0 bridgehead atoms. The standard InChI is InChI=1S/C16H12ClNO2/c1-20-16-7-11(2-4-14(16)17)10-3-5-15-13(6-10)12(9-19)8-18-15/h2-9,18H,1H3. The lowest BCUT2D eigenvalue weighted by Crippen LogP contribution is -1.86. The summed E-state index contributed by atoms with van der Waals surface area (Å²) in [7, 11) is 1.59. The number of halogens is 1. The monoisotopic (exact) mass is 285 g/mol. The van der Waals surface area contributed by atoms with Gasteiger partial charge in [0.15, 0.2) is 6.29 Å². The van der Waals surface area contributed by atoms with Gasteiger partial charge in [-0.25, -0.2) is 0 Å². The lowest BCUT2D eigenvalue weighted by molar-refractivity contribution is 0.112. The minimum atomic E-state index is 0.576. The summed E-state index contributed by atoms with van der Waals surface area (Å²) in [5, 5.41) is 1.49. The smallest absolute Gasteiger partial charge is 0.152 e.